The van der Waals surface area contributed by atoms with Crippen LogP contribution in [0.1, 0.15) is 53.4 Å². The molecule has 1 heterocycles. The minimum atomic E-state index is -0.312. The number of carbonyl (C=O) groups excluding carboxylic acids is 1. The molecule has 0 bridgehead atoms. The van der Waals surface area contributed by atoms with Gasteiger partial charge in [0.25, 0.3) is 0 Å². The van der Waals surface area contributed by atoms with Crippen LogP contribution < -0.4 is 0 Å². The van der Waals surface area contributed by atoms with E-state index in [1.165, 1.54) is 28.8 Å². The van der Waals surface area contributed by atoms with Crippen LogP contribution in [0.4, 0.5) is 4.39 Å². The summed E-state index contributed by atoms with van der Waals surface area (Å²) in [5.74, 6) is -0.288. The number of benzene rings is 2. The number of aromatic nitrogens is 2. The number of rotatable bonds is 3. The molecule has 2 atom stereocenters. The van der Waals surface area contributed by atoms with Crippen molar-refractivity contribution in [1.29, 1.82) is 0 Å². The lowest BCUT2D eigenvalue weighted by Crippen LogP contribution is -2.41. The van der Waals surface area contributed by atoms with Crippen LogP contribution in [-0.2, 0) is 6.42 Å². The first-order valence-corrected chi connectivity index (χ1v) is 10.6. The van der Waals surface area contributed by atoms with E-state index in [2.05, 4.69) is 49.3 Å². The van der Waals surface area contributed by atoms with Crippen molar-refractivity contribution in [2.75, 3.05) is 0 Å². The smallest absolute Gasteiger partial charge is 0.166 e. The average Bonchev–Trinajstić information content (AvgIpc) is 3.14. The zero-order valence-corrected chi connectivity index (χ0v) is 17.4. The molecule has 2 aliphatic rings. The lowest BCUT2D eigenvalue weighted by Gasteiger charge is -2.45. The van der Waals surface area contributed by atoms with Crippen molar-refractivity contribution in [2.24, 2.45) is 11.3 Å². The van der Waals surface area contributed by atoms with Crippen LogP contribution in [-0.4, -0.2) is 15.6 Å². The number of ketones is 1. The zero-order valence-electron chi connectivity index (χ0n) is 17.4. The number of nitrogens with zero attached hydrogens (tertiary/aromatic N) is 2. The number of Topliss-reactive ketones (excluding diaryl/α,β-unsaturated/α-hetero) is 1. The molecule has 0 spiro atoms. The van der Waals surface area contributed by atoms with E-state index in [1.807, 2.05) is 10.9 Å². The van der Waals surface area contributed by atoms with Gasteiger partial charge in [-0.2, -0.15) is 5.10 Å². The molecule has 1 fully saturated rings. The molecule has 0 N–H and O–H groups in total. The summed E-state index contributed by atoms with van der Waals surface area (Å²) < 4.78 is 15.3. The van der Waals surface area contributed by atoms with Gasteiger partial charge in [0.15, 0.2) is 5.78 Å². The Bertz CT molecular complexity index is 1140. The molecule has 0 unspecified atom stereocenters. The van der Waals surface area contributed by atoms with E-state index in [9.17, 15) is 9.18 Å². The van der Waals surface area contributed by atoms with Crippen LogP contribution in [0, 0.1) is 24.1 Å². The van der Waals surface area contributed by atoms with Crippen molar-refractivity contribution in [3.63, 3.8) is 0 Å². The van der Waals surface area contributed by atoms with E-state index in [0.717, 1.165) is 37.1 Å². The molecule has 4 heteroatoms. The van der Waals surface area contributed by atoms with Gasteiger partial charge in [0.1, 0.15) is 5.82 Å². The molecule has 152 valence electrons. The Morgan fingerprint density at radius 3 is 2.60 bits per heavy atom. The monoisotopic (exact) mass is 400 g/mol. The summed E-state index contributed by atoms with van der Waals surface area (Å²) in [6, 6.07) is 14.4. The minimum Gasteiger partial charge on any atom is -0.294 e. The fraction of sp³-hybridized carbons (Fsp3) is 0.308. The highest BCUT2D eigenvalue weighted by Crippen LogP contribution is 2.52. The normalized spacial score (nSPS) is 22.8. The van der Waals surface area contributed by atoms with Gasteiger partial charge < -0.3 is 0 Å². The average molecular weight is 400 g/mol. The molecule has 2 aliphatic carbocycles. The van der Waals surface area contributed by atoms with Crippen molar-refractivity contribution < 1.29 is 9.18 Å². The van der Waals surface area contributed by atoms with Gasteiger partial charge in [0.05, 0.1) is 17.6 Å². The molecule has 1 aromatic heterocycles. The van der Waals surface area contributed by atoms with Crippen molar-refractivity contribution in [3.8, 4) is 5.69 Å². The molecule has 3 aromatic rings. The maximum absolute atomic E-state index is 13.4. The van der Waals surface area contributed by atoms with Crippen LogP contribution in [0.25, 0.3) is 11.8 Å². The predicted molar refractivity (Wildman–Crippen MR) is 116 cm³/mol. The predicted octanol–water partition coefficient (Wildman–Crippen LogP) is 5.95. The molecule has 0 aliphatic heterocycles. The van der Waals surface area contributed by atoms with Gasteiger partial charge in [-0.25, -0.2) is 9.07 Å². The van der Waals surface area contributed by atoms with Gasteiger partial charge >= 0.3 is 0 Å². The molecule has 0 saturated heterocycles. The van der Waals surface area contributed by atoms with Crippen LogP contribution in [0.15, 0.2) is 60.3 Å². The SMILES string of the molecule is Cc1ccc(-n2ncc3c2C=C2CCC[C@H](C(=O)c4ccc(F)cc4)[C@@]2(C)C3)cc1. The van der Waals surface area contributed by atoms with Gasteiger partial charge in [0, 0.05) is 16.9 Å². The highest BCUT2D eigenvalue weighted by atomic mass is 19.1. The maximum Gasteiger partial charge on any atom is 0.166 e. The fourth-order valence-corrected chi connectivity index (χ4v) is 5.17. The first-order chi connectivity index (χ1) is 14.5. The molecule has 2 aromatic carbocycles. The third-order valence-electron chi connectivity index (χ3n) is 6.92. The van der Waals surface area contributed by atoms with Crippen molar-refractivity contribution in [2.45, 2.75) is 39.5 Å². The Kier molecular flexibility index (Phi) is 4.46. The number of hydrogen-bond donors (Lipinski definition) is 0. The summed E-state index contributed by atoms with van der Waals surface area (Å²) in [5, 5.41) is 4.67. The standard InChI is InChI=1S/C26H25FN2O/c1-17-6-12-22(13-7-17)29-24-14-20-4-3-5-23(26(20,2)15-19(24)16-28-29)25(30)18-8-10-21(27)11-9-18/h6-14,16,23H,3-5,15H2,1-2H3/t23-,26+/m1/s1. The van der Waals surface area contributed by atoms with Crippen molar-refractivity contribution in [1.82, 2.24) is 9.78 Å². The van der Waals surface area contributed by atoms with Gasteiger partial charge in [-0.3, -0.25) is 4.79 Å². The number of halogens is 1. The highest BCUT2D eigenvalue weighted by molar-refractivity contribution is 5.99. The first kappa shape index (κ1) is 19.0. The summed E-state index contributed by atoms with van der Waals surface area (Å²) >= 11 is 0. The summed E-state index contributed by atoms with van der Waals surface area (Å²) in [4.78, 5) is 13.4. The lowest BCUT2D eigenvalue weighted by atomic mass is 9.58. The summed E-state index contributed by atoms with van der Waals surface area (Å²) in [6.07, 6.45) is 7.87. The van der Waals surface area contributed by atoms with E-state index in [-0.39, 0.29) is 22.9 Å². The number of aryl methyl sites for hydroxylation is 1. The zero-order chi connectivity index (χ0) is 20.9. The summed E-state index contributed by atoms with van der Waals surface area (Å²) in [7, 11) is 0. The van der Waals surface area contributed by atoms with E-state index >= 15 is 0 Å². The topological polar surface area (TPSA) is 34.9 Å². The fourth-order valence-electron chi connectivity index (χ4n) is 5.17. The number of carbonyl (C=O) groups is 1. The lowest BCUT2D eigenvalue weighted by molar-refractivity contribution is 0.0762. The van der Waals surface area contributed by atoms with Gasteiger partial charge in [-0.15, -0.1) is 0 Å². The van der Waals surface area contributed by atoms with Gasteiger partial charge in [0.2, 0.25) is 0 Å². The van der Waals surface area contributed by atoms with E-state index in [4.69, 9.17) is 0 Å². The number of fused-ring (bicyclic) bond motifs is 2. The van der Waals surface area contributed by atoms with E-state index in [0.29, 0.717) is 5.56 Å². The Balaban J connectivity index is 1.52. The van der Waals surface area contributed by atoms with Crippen molar-refractivity contribution in [3.05, 3.63) is 88.5 Å². The van der Waals surface area contributed by atoms with E-state index in [1.54, 1.807) is 12.1 Å². The third-order valence-corrected chi connectivity index (χ3v) is 6.92. The second kappa shape index (κ2) is 7.05. The molecular weight excluding hydrogens is 375 g/mol. The van der Waals surface area contributed by atoms with Crippen LogP contribution in [0.2, 0.25) is 0 Å². The Morgan fingerprint density at radius 1 is 1.13 bits per heavy atom. The largest absolute Gasteiger partial charge is 0.294 e. The molecular formula is C26H25FN2O. The first-order valence-electron chi connectivity index (χ1n) is 10.6. The number of hydrogen-bond acceptors (Lipinski definition) is 2. The second-order valence-electron chi connectivity index (χ2n) is 8.88. The Morgan fingerprint density at radius 2 is 1.87 bits per heavy atom. The molecule has 30 heavy (non-hydrogen) atoms. The third kappa shape index (κ3) is 3.02. The quantitative estimate of drug-likeness (QED) is 0.509. The molecule has 1 saturated carbocycles. The molecule has 3 nitrogen and oxygen atoms in total. The minimum absolute atomic E-state index is 0.0983. The van der Waals surface area contributed by atoms with E-state index < -0.39 is 0 Å². The van der Waals surface area contributed by atoms with Gasteiger partial charge in [-0.05, 0) is 80.6 Å². The Labute approximate surface area is 176 Å². The van der Waals surface area contributed by atoms with Crippen LogP contribution in [0.3, 0.4) is 0 Å². The summed E-state index contributed by atoms with van der Waals surface area (Å²) in [6.45, 7) is 4.30. The van der Waals surface area contributed by atoms with Crippen LogP contribution >= 0.6 is 0 Å². The number of allylic oxidation sites excluding steroid dienone is 1. The maximum atomic E-state index is 13.4. The highest BCUT2D eigenvalue weighted by Gasteiger charge is 2.46. The molecule has 5 rings (SSSR count). The van der Waals surface area contributed by atoms with Crippen LogP contribution in [0.5, 0.6) is 0 Å². The molecule has 0 radical (unpaired) electrons. The van der Waals surface area contributed by atoms with Crippen molar-refractivity contribution >= 4 is 11.9 Å². The summed E-state index contributed by atoms with van der Waals surface area (Å²) in [5.41, 5.74) is 6.29. The van der Waals surface area contributed by atoms with Gasteiger partial charge in [-0.1, -0.05) is 30.2 Å². The Hall–Kier alpha value is -3.01. The second-order valence-corrected chi connectivity index (χ2v) is 8.88. The molecule has 0 amide bonds.